The molecule has 0 aliphatic heterocycles. The lowest BCUT2D eigenvalue weighted by Crippen LogP contribution is -2.07. The van der Waals surface area contributed by atoms with Crippen molar-refractivity contribution in [3.63, 3.8) is 0 Å². The molecular weight excluding hydrogens is 326 g/mol. The molecule has 2 N–H and O–H groups in total. The summed E-state index contributed by atoms with van der Waals surface area (Å²) in [6.07, 6.45) is 0.657. The quantitative estimate of drug-likeness (QED) is 0.656. The van der Waals surface area contributed by atoms with E-state index in [2.05, 4.69) is 15.3 Å². The summed E-state index contributed by atoms with van der Waals surface area (Å²) in [4.78, 5) is 19.8. The van der Waals surface area contributed by atoms with Crippen LogP contribution >= 0.6 is 11.6 Å². The summed E-state index contributed by atoms with van der Waals surface area (Å²) >= 11 is 5.93. The maximum Gasteiger partial charge on any atom is 0.303 e. The minimum Gasteiger partial charge on any atom is -0.481 e. The molecule has 3 aromatic rings. The zero-order valence-corrected chi connectivity index (χ0v) is 13.6. The van der Waals surface area contributed by atoms with Crippen LogP contribution in [0.5, 0.6) is 0 Å². The Labute approximate surface area is 144 Å². The SMILES string of the molecule is O=C(O)CCCNc1nc(-c2ccc(Cl)cc2)nc2ccccc12. The fourth-order valence-corrected chi connectivity index (χ4v) is 2.51. The van der Waals surface area contributed by atoms with Gasteiger partial charge in [-0.3, -0.25) is 4.79 Å². The van der Waals surface area contributed by atoms with Crippen LogP contribution in [0.1, 0.15) is 12.8 Å². The standard InChI is InChI=1S/C18H16ClN3O2/c19-13-9-7-12(8-10-13)17-21-15-5-2-1-4-14(15)18(22-17)20-11-3-6-16(23)24/h1-2,4-5,7-10H,3,6,11H2,(H,23,24)(H,20,21,22). The van der Waals surface area contributed by atoms with Crippen molar-refractivity contribution in [3.8, 4) is 11.4 Å². The third kappa shape index (κ3) is 3.81. The molecule has 0 atom stereocenters. The average molecular weight is 342 g/mol. The molecule has 0 aliphatic rings. The Morgan fingerprint density at radius 1 is 1.08 bits per heavy atom. The summed E-state index contributed by atoms with van der Waals surface area (Å²) in [6.45, 7) is 0.535. The summed E-state index contributed by atoms with van der Waals surface area (Å²) in [5.41, 5.74) is 1.71. The molecular formula is C18H16ClN3O2. The van der Waals surface area contributed by atoms with Gasteiger partial charge in [0, 0.05) is 28.9 Å². The van der Waals surface area contributed by atoms with Gasteiger partial charge in [-0.05, 0) is 42.8 Å². The van der Waals surface area contributed by atoms with Gasteiger partial charge in [-0.1, -0.05) is 23.7 Å². The molecule has 1 heterocycles. The number of para-hydroxylation sites is 1. The molecule has 0 unspecified atom stereocenters. The van der Waals surface area contributed by atoms with Crippen LogP contribution in [-0.2, 0) is 4.79 Å². The summed E-state index contributed by atoms with van der Waals surface area (Å²) in [5.74, 6) is 0.508. The van der Waals surface area contributed by atoms with E-state index in [4.69, 9.17) is 16.7 Å². The number of halogens is 1. The van der Waals surface area contributed by atoms with Crippen molar-refractivity contribution in [2.45, 2.75) is 12.8 Å². The van der Waals surface area contributed by atoms with Crippen LogP contribution in [-0.4, -0.2) is 27.6 Å². The lowest BCUT2D eigenvalue weighted by molar-refractivity contribution is -0.137. The molecule has 0 saturated carbocycles. The number of hydrogen-bond donors (Lipinski definition) is 2. The van der Waals surface area contributed by atoms with E-state index in [-0.39, 0.29) is 6.42 Å². The smallest absolute Gasteiger partial charge is 0.303 e. The van der Waals surface area contributed by atoms with Gasteiger partial charge >= 0.3 is 5.97 Å². The van der Waals surface area contributed by atoms with Gasteiger partial charge in [-0.15, -0.1) is 0 Å². The van der Waals surface area contributed by atoms with Crippen LogP contribution < -0.4 is 5.32 Å². The molecule has 0 radical (unpaired) electrons. The highest BCUT2D eigenvalue weighted by molar-refractivity contribution is 6.30. The van der Waals surface area contributed by atoms with Crippen LogP contribution in [0, 0.1) is 0 Å². The topological polar surface area (TPSA) is 75.1 Å². The van der Waals surface area contributed by atoms with Crippen LogP contribution in [0.25, 0.3) is 22.3 Å². The van der Waals surface area contributed by atoms with Gasteiger partial charge in [-0.2, -0.15) is 0 Å². The van der Waals surface area contributed by atoms with Crippen LogP contribution in [0.4, 0.5) is 5.82 Å². The Morgan fingerprint density at radius 3 is 2.58 bits per heavy atom. The molecule has 0 spiro atoms. The Kier molecular flexibility index (Phi) is 4.91. The zero-order valence-electron chi connectivity index (χ0n) is 12.9. The summed E-state index contributed by atoms with van der Waals surface area (Å²) in [6, 6.07) is 15.1. The number of nitrogens with one attached hydrogen (secondary N) is 1. The second kappa shape index (κ2) is 7.27. The van der Waals surface area contributed by atoms with Gasteiger partial charge in [0.2, 0.25) is 0 Å². The van der Waals surface area contributed by atoms with E-state index in [1.807, 2.05) is 36.4 Å². The molecule has 0 bridgehead atoms. The normalized spacial score (nSPS) is 10.7. The fourth-order valence-electron chi connectivity index (χ4n) is 2.39. The second-order valence-corrected chi connectivity index (χ2v) is 5.78. The molecule has 0 saturated heterocycles. The predicted octanol–water partition coefficient (Wildman–Crippen LogP) is 4.23. The highest BCUT2D eigenvalue weighted by Crippen LogP contribution is 2.25. The number of hydrogen-bond acceptors (Lipinski definition) is 4. The number of anilines is 1. The number of carboxylic acid groups (broad SMARTS) is 1. The minimum atomic E-state index is -0.800. The van der Waals surface area contributed by atoms with Crippen LogP contribution in [0.3, 0.4) is 0 Å². The van der Waals surface area contributed by atoms with Crippen molar-refractivity contribution in [3.05, 3.63) is 53.6 Å². The monoisotopic (exact) mass is 341 g/mol. The van der Waals surface area contributed by atoms with E-state index in [1.54, 1.807) is 12.1 Å². The van der Waals surface area contributed by atoms with Crippen molar-refractivity contribution in [2.24, 2.45) is 0 Å². The number of aromatic nitrogens is 2. The second-order valence-electron chi connectivity index (χ2n) is 5.34. The largest absolute Gasteiger partial charge is 0.481 e. The number of aliphatic carboxylic acids is 1. The first-order chi connectivity index (χ1) is 11.6. The van der Waals surface area contributed by atoms with E-state index in [9.17, 15) is 4.79 Å². The number of rotatable bonds is 6. The first-order valence-corrected chi connectivity index (χ1v) is 7.99. The van der Waals surface area contributed by atoms with Gasteiger partial charge in [-0.25, -0.2) is 9.97 Å². The molecule has 2 aromatic carbocycles. The highest BCUT2D eigenvalue weighted by Gasteiger charge is 2.09. The third-order valence-corrected chi connectivity index (χ3v) is 3.82. The van der Waals surface area contributed by atoms with Gasteiger partial charge < -0.3 is 10.4 Å². The highest BCUT2D eigenvalue weighted by atomic mass is 35.5. The number of fused-ring (bicyclic) bond motifs is 1. The number of nitrogens with zero attached hydrogens (tertiary/aromatic N) is 2. The molecule has 1 aromatic heterocycles. The van der Waals surface area contributed by atoms with Crippen molar-refractivity contribution >= 4 is 34.3 Å². The van der Waals surface area contributed by atoms with Crippen LogP contribution in [0.15, 0.2) is 48.5 Å². The lowest BCUT2D eigenvalue weighted by Gasteiger charge is -2.10. The molecule has 122 valence electrons. The molecule has 0 fully saturated rings. The first-order valence-electron chi connectivity index (χ1n) is 7.62. The molecule has 24 heavy (non-hydrogen) atoms. The number of benzene rings is 2. The van der Waals surface area contributed by atoms with Gasteiger partial charge in [0.1, 0.15) is 5.82 Å². The zero-order chi connectivity index (χ0) is 16.9. The van der Waals surface area contributed by atoms with E-state index in [0.717, 1.165) is 16.5 Å². The number of carbonyl (C=O) groups is 1. The van der Waals surface area contributed by atoms with Crippen molar-refractivity contribution < 1.29 is 9.90 Å². The van der Waals surface area contributed by atoms with E-state index >= 15 is 0 Å². The van der Waals surface area contributed by atoms with E-state index in [0.29, 0.717) is 29.6 Å². The van der Waals surface area contributed by atoms with Gasteiger partial charge in [0.15, 0.2) is 5.82 Å². The maximum absolute atomic E-state index is 10.6. The Balaban J connectivity index is 1.93. The lowest BCUT2D eigenvalue weighted by atomic mass is 10.2. The third-order valence-electron chi connectivity index (χ3n) is 3.57. The molecule has 0 amide bonds. The Hall–Kier alpha value is -2.66. The van der Waals surface area contributed by atoms with E-state index < -0.39 is 5.97 Å². The minimum absolute atomic E-state index is 0.125. The van der Waals surface area contributed by atoms with Crippen molar-refractivity contribution in [1.29, 1.82) is 0 Å². The van der Waals surface area contributed by atoms with Gasteiger partial charge in [0.25, 0.3) is 0 Å². The van der Waals surface area contributed by atoms with E-state index in [1.165, 1.54) is 0 Å². The number of carboxylic acids is 1. The molecule has 0 aliphatic carbocycles. The summed E-state index contributed by atoms with van der Waals surface area (Å²) in [7, 11) is 0. The van der Waals surface area contributed by atoms with Gasteiger partial charge in [0.05, 0.1) is 5.52 Å². The predicted molar refractivity (Wildman–Crippen MR) is 95.3 cm³/mol. The first kappa shape index (κ1) is 16.2. The molecule has 6 heteroatoms. The maximum atomic E-state index is 10.6. The summed E-state index contributed by atoms with van der Waals surface area (Å²) in [5, 5.41) is 13.5. The molecule has 3 rings (SSSR count). The van der Waals surface area contributed by atoms with Crippen molar-refractivity contribution in [2.75, 3.05) is 11.9 Å². The summed E-state index contributed by atoms with van der Waals surface area (Å²) < 4.78 is 0. The molecule has 5 nitrogen and oxygen atoms in total. The van der Waals surface area contributed by atoms with Crippen molar-refractivity contribution in [1.82, 2.24) is 9.97 Å². The average Bonchev–Trinajstić information content (AvgIpc) is 2.59. The Morgan fingerprint density at radius 2 is 1.83 bits per heavy atom. The fraction of sp³-hybridized carbons (Fsp3) is 0.167. The Bertz CT molecular complexity index is 866. The van der Waals surface area contributed by atoms with Crippen LogP contribution in [0.2, 0.25) is 5.02 Å².